The third kappa shape index (κ3) is 13.4. The molecule has 0 N–H and O–H groups in total. The van der Waals surface area contributed by atoms with E-state index in [4.69, 9.17) is 9.47 Å². The van der Waals surface area contributed by atoms with Crippen LogP contribution >= 0.6 is 0 Å². The number of hydrogen-bond acceptors (Lipinski definition) is 3. The van der Waals surface area contributed by atoms with Gasteiger partial charge >= 0.3 is 5.97 Å². The largest absolute Gasteiger partial charge is 0.466 e. The van der Waals surface area contributed by atoms with E-state index in [-0.39, 0.29) is 5.97 Å². The molecule has 0 aromatic carbocycles. The van der Waals surface area contributed by atoms with Gasteiger partial charge in [0.05, 0.1) is 19.6 Å². The summed E-state index contributed by atoms with van der Waals surface area (Å²) in [7, 11) is 0. The van der Waals surface area contributed by atoms with Gasteiger partial charge in [0.1, 0.15) is 0 Å². The van der Waals surface area contributed by atoms with Crippen molar-refractivity contribution in [3.8, 4) is 0 Å². The van der Waals surface area contributed by atoms with Crippen LogP contribution in [0.25, 0.3) is 0 Å². The van der Waals surface area contributed by atoms with Crippen molar-refractivity contribution in [1.29, 1.82) is 0 Å². The molecule has 102 valence electrons. The first-order valence-corrected chi connectivity index (χ1v) is 7.04. The van der Waals surface area contributed by atoms with Crippen LogP contribution in [-0.4, -0.2) is 25.8 Å². The van der Waals surface area contributed by atoms with E-state index < -0.39 is 0 Å². The van der Waals surface area contributed by atoms with Gasteiger partial charge in [-0.1, -0.05) is 46.0 Å². The smallest absolute Gasteiger partial charge is 0.308 e. The molecule has 3 nitrogen and oxygen atoms in total. The average molecular weight is 244 g/mol. The summed E-state index contributed by atoms with van der Waals surface area (Å²) in [4.78, 5) is 11.3. The molecule has 0 heterocycles. The Balaban J connectivity index is 3.12. The fourth-order valence-corrected chi connectivity index (χ4v) is 1.50. The zero-order valence-electron chi connectivity index (χ0n) is 11.5. The first kappa shape index (κ1) is 16.4. The molecule has 0 saturated heterocycles. The Morgan fingerprint density at radius 3 is 2.18 bits per heavy atom. The first-order valence-electron chi connectivity index (χ1n) is 7.04. The molecule has 17 heavy (non-hydrogen) atoms. The minimum Gasteiger partial charge on any atom is -0.466 e. The zero-order valence-corrected chi connectivity index (χ0v) is 11.5. The van der Waals surface area contributed by atoms with Gasteiger partial charge in [0.2, 0.25) is 0 Å². The molecule has 0 aliphatic rings. The Kier molecular flexibility index (Phi) is 13.0. The van der Waals surface area contributed by atoms with Crippen molar-refractivity contribution in [2.75, 3.05) is 19.8 Å². The summed E-state index contributed by atoms with van der Waals surface area (Å²) in [6, 6.07) is 0. The number of unbranched alkanes of at least 4 members (excludes halogenated alkanes) is 5. The molecule has 0 fully saturated rings. The lowest BCUT2D eigenvalue weighted by atomic mass is 10.2. The van der Waals surface area contributed by atoms with Gasteiger partial charge in [0.25, 0.3) is 0 Å². The van der Waals surface area contributed by atoms with E-state index in [1.807, 2.05) is 0 Å². The van der Waals surface area contributed by atoms with Gasteiger partial charge in [-0.05, 0) is 12.8 Å². The zero-order chi connectivity index (χ0) is 12.8. The maximum absolute atomic E-state index is 11.3. The predicted molar refractivity (Wildman–Crippen MR) is 70.1 cm³/mol. The van der Waals surface area contributed by atoms with Gasteiger partial charge < -0.3 is 9.47 Å². The fraction of sp³-hybridized carbons (Fsp3) is 0.929. The van der Waals surface area contributed by atoms with E-state index in [0.29, 0.717) is 19.6 Å². The Morgan fingerprint density at radius 2 is 1.47 bits per heavy atom. The van der Waals surface area contributed by atoms with Crippen molar-refractivity contribution in [2.45, 2.75) is 65.2 Å². The van der Waals surface area contributed by atoms with Crippen molar-refractivity contribution >= 4 is 5.97 Å². The number of ether oxygens (including phenoxy) is 2. The van der Waals surface area contributed by atoms with Gasteiger partial charge in [0.15, 0.2) is 0 Å². The van der Waals surface area contributed by atoms with Crippen molar-refractivity contribution in [1.82, 2.24) is 0 Å². The average Bonchev–Trinajstić information content (AvgIpc) is 2.33. The highest BCUT2D eigenvalue weighted by Gasteiger charge is 2.02. The molecule has 0 bridgehead atoms. The van der Waals surface area contributed by atoms with Crippen LogP contribution in [-0.2, 0) is 14.3 Å². The molecule has 0 aliphatic carbocycles. The van der Waals surface area contributed by atoms with E-state index in [2.05, 4.69) is 13.8 Å². The van der Waals surface area contributed by atoms with Crippen LogP contribution in [0, 0.1) is 0 Å². The molecule has 0 unspecified atom stereocenters. The topological polar surface area (TPSA) is 35.5 Å². The lowest BCUT2D eigenvalue weighted by Gasteiger charge is -2.05. The molecular formula is C14H28O3. The quantitative estimate of drug-likeness (QED) is 0.388. The number of carbonyl (C=O) groups excluding carboxylic acids is 1. The highest BCUT2D eigenvalue weighted by Crippen LogP contribution is 2.00. The summed E-state index contributed by atoms with van der Waals surface area (Å²) in [6.07, 6.45) is 8.43. The second-order valence-corrected chi connectivity index (χ2v) is 4.35. The second-order valence-electron chi connectivity index (χ2n) is 4.35. The summed E-state index contributed by atoms with van der Waals surface area (Å²) in [5, 5.41) is 0. The van der Waals surface area contributed by atoms with Crippen molar-refractivity contribution in [3.05, 3.63) is 0 Å². The second kappa shape index (κ2) is 13.5. The predicted octanol–water partition coefficient (Wildman–Crippen LogP) is 3.71. The molecular weight excluding hydrogens is 216 g/mol. The van der Waals surface area contributed by atoms with Gasteiger partial charge in [-0.25, -0.2) is 0 Å². The monoisotopic (exact) mass is 244 g/mol. The third-order valence-corrected chi connectivity index (χ3v) is 2.60. The maximum atomic E-state index is 11.3. The van der Waals surface area contributed by atoms with Crippen LogP contribution in [0.3, 0.4) is 0 Å². The molecule has 0 saturated carbocycles. The molecule has 0 radical (unpaired) electrons. The molecule has 0 amide bonds. The summed E-state index contributed by atoms with van der Waals surface area (Å²) < 4.78 is 10.4. The van der Waals surface area contributed by atoms with Crippen LogP contribution in [0.15, 0.2) is 0 Å². The minimum atomic E-state index is -0.128. The summed E-state index contributed by atoms with van der Waals surface area (Å²) >= 11 is 0. The molecule has 0 aliphatic heterocycles. The molecule has 0 aromatic heterocycles. The molecule has 3 heteroatoms. The summed E-state index contributed by atoms with van der Waals surface area (Å²) in [5.41, 5.74) is 0. The highest BCUT2D eigenvalue weighted by molar-refractivity contribution is 5.69. The minimum absolute atomic E-state index is 0.128. The normalized spacial score (nSPS) is 10.5. The van der Waals surface area contributed by atoms with Gasteiger partial charge in [-0.3, -0.25) is 4.79 Å². The maximum Gasteiger partial charge on any atom is 0.308 e. The molecule has 0 spiro atoms. The Bertz CT molecular complexity index is 169. The number of hydrogen-bond donors (Lipinski definition) is 0. The SMILES string of the molecule is CCCCCCOC(=O)CCOCCCCC. The van der Waals surface area contributed by atoms with E-state index in [9.17, 15) is 4.79 Å². The van der Waals surface area contributed by atoms with E-state index >= 15 is 0 Å². The molecule has 0 aromatic rings. The lowest BCUT2D eigenvalue weighted by Crippen LogP contribution is -2.09. The van der Waals surface area contributed by atoms with Gasteiger partial charge in [0, 0.05) is 6.61 Å². The van der Waals surface area contributed by atoms with Crippen molar-refractivity contribution < 1.29 is 14.3 Å². The molecule has 0 atom stereocenters. The van der Waals surface area contributed by atoms with E-state index in [0.717, 1.165) is 25.9 Å². The highest BCUT2D eigenvalue weighted by atomic mass is 16.5. The Morgan fingerprint density at radius 1 is 0.824 bits per heavy atom. The van der Waals surface area contributed by atoms with Crippen LogP contribution in [0.4, 0.5) is 0 Å². The van der Waals surface area contributed by atoms with Crippen LogP contribution in [0.1, 0.15) is 65.2 Å². The van der Waals surface area contributed by atoms with Crippen LogP contribution in [0.5, 0.6) is 0 Å². The number of rotatable bonds is 12. The first-order chi connectivity index (χ1) is 8.31. The van der Waals surface area contributed by atoms with Crippen molar-refractivity contribution in [2.24, 2.45) is 0 Å². The van der Waals surface area contributed by atoms with Gasteiger partial charge in [-0.15, -0.1) is 0 Å². The van der Waals surface area contributed by atoms with Crippen molar-refractivity contribution in [3.63, 3.8) is 0 Å². The summed E-state index contributed by atoms with van der Waals surface area (Å²) in [5.74, 6) is -0.128. The number of carbonyl (C=O) groups is 1. The Labute approximate surface area is 106 Å². The standard InChI is InChI=1S/C14H28O3/c1-3-5-7-9-12-17-14(15)10-13-16-11-8-6-4-2/h3-13H2,1-2H3. The van der Waals surface area contributed by atoms with Gasteiger partial charge in [-0.2, -0.15) is 0 Å². The van der Waals surface area contributed by atoms with E-state index in [1.54, 1.807) is 0 Å². The molecule has 0 rings (SSSR count). The Hall–Kier alpha value is -0.570. The number of esters is 1. The third-order valence-electron chi connectivity index (χ3n) is 2.60. The van der Waals surface area contributed by atoms with Crippen LogP contribution in [0.2, 0.25) is 0 Å². The fourth-order valence-electron chi connectivity index (χ4n) is 1.50. The van der Waals surface area contributed by atoms with Crippen LogP contribution < -0.4 is 0 Å². The lowest BCUT2D eigenvalue weighted by molar-refractivity contribution is -0.145. The van der Waals surface area contributed by atoms with E-state index in [1.165, 1.54) is 25.7 Å². The summed E-state index contributed by atoms with van der Waals surface area (Å²) in [6.45, 7) is 6.15.